The molecule has 266 valence electrons. The van der Waals surface area contributed by atoms with Gasteiger partial charge in [-0.15, -0.1) is 13.2 Å². The van der Waals surface area contributed by atoms with E-state index in [0.717, 1.165) is 6.07 Å². The molecule has 13 heteroatoms. The maximum atomic E-state index is 13.7. The van der Waals surface area contributed by atoms with Gasteiger partial charge in [0.25, 0.3) is 0 Å². The van der Waals surface area contributed by atoms with Crippen LogP contribution in [-0.2, 0) is 9.53 Å². The van der Waals surface area contributed by atoms with Crippen LogP contribution >= 0.6 is 0 Å². The number of rotatable bonds is 11. The molecule has 48 heavy (non-hydrogen) atoms. The van der Waals surface area contributed by atoms with Crippen molar-refractivity contribution >= 4 is 16.9 Å². The molecule has 2 atom stereocenters. The van der Waals surface area contributed by atoms with Gasteiger partial charge in [0, 0.05) is 28.5 Å². The van der Waals surface area contributed by atoms with Crippen molar-refractivity contribution in [2.24, 2.45) is 21.7 Å². The van der Waals surface area contributed by atoms with E-state index in [1.54, 1.807) is 6.92 Å². The van der Waals surface area contributed by atoms with Gasteiger partial charge in [0.15, 0.2) is 0 Å². The summed E-state index contributed by atoms with van der Waals surface area (Å²) in [6.07, 6.45) is -10.5. The molecule has 1 heterocycles. The Balaban J connectivity index is 1.89. The Morgan fingerprint density at radius 3 is 1.94 bits per heavy atom. The Hall–Kier alpha value is -3.90. The van der Waals surface area contributed by atoms with Gasteiger partial charge in [0.2, 0.25) is 0 Å². The Kier molecular flexibility index (Phi) is 10.9. The molecule has 0 aliphatic heterocycles. The van der Waals surface area contributed by atoms with Crippen molar-refractivity contribution in [2.45, 2.75) is 80.8 Å². The van der Waals surface area contributed by atoms with E-state index in [2.05, 4.69) is 4.74 Å². The lowest BCUT2D eigenvalue weighted by Gasteiger charge is -2.44. The Morgan fingerprint density at radius 1 is 0.771 bits per heavy atom. The highest BCUT2D eigenvalue weighted by atomic mass is 19.4. The van der Waals surface area contributed by atoms with Crippen LogP contribution in [0.1, 0.15) is 68.2 Å². The van der Waals surface area contributed by atoms with Gasteiger partial charge < -0.3 is 23.4 Å². The average Bonchev–Trinajstić information content (AvgIpc) is 2.91. The number of fused-ring (bicyclic) bond motifs is 1. The molecule has 3 aromatic rings. The summed E-state index contributed by atoms with van der Waals surface area (Å²) in [6, 6.07) is 8.97. The van der Waals surface area contributed by atoms with Crippen molar-refractivity contribution < 1.29 is 54.5 Å². The Bertz CT molecular complexity index is 1660. The van der Waals surface area contributed by atoms with E-state index in [4.69, 9.17) is 18.6 Å². The minimum Gasteiger partial charge on any atom is -0.497 e. The summed E-state index contributed by atoms with van der Waals surface area (Å²) < 4.78 is 106. The largest absolute Gasteiger partial charge is 0.573 e. The first-order valence-electron chi connectivity index (χ1n) is 15.1. The van der Waals surface area contributed by atoms with Crippen molar-refractivity contribution in [1.29, 1.82) is 0 Å². The summed E-state index contributed by atoms with van der Waals surface area (Å²) in [5.74, 6) is -1.18. The van der Waals surface area contributed by atoms with E-state index in [0.29, 0.717) is 6.42 Å². The number of methoxy groups -OCH3 is 1. The summed E-state index contributed by atoms with van der Waals surface area (Å²) in [6.45, 7) is 13.5. The lowest BCUT2D eigenvalue weighted by Crippen LogP contribution is -2.46. The molecule has 0 spiro atoms. The maximum absolute atomic E-state index is 13.7. The number of carbonyl (C=O) groups is 1. The van der Waals surface area contributed by atoms with Crippen LogP contribution in [-0.4, -0.2) is 38.8 Å². The molecule has 0 fully saturated rings. The van der Waals surface area contributed by atoms with E-state index in [-0.39, 0.29) is 39.0 Å². The molecule has 0 amide bonds. The zero-order valence-electron chi connectivity index (χ0n) is 28.5. The third-order valence-corrected chi connectivity index (χ3v) is 8.17. The first-order chi connectivity index (χ1) is 21.7. The molecule has 0 radical (unpaired) electrons. The molecule has 1 aromatic heterocycles. The second-order valence-corrected chi connectivity index (χ2v) is 14.8. The van der Waals surface area contributed by atoms with Crippen molar-refractivity contribution in [3.8, 4) is 28.4 Å². The summed E-state index contributed by atoms with van der Waals surface area (Å²) in [5.41, 5.74) is -4.95. The van der Waals surface area contributed by atoms with Crippen molar-refractivity contribution in [1.82, 2.24) is 0 Å². The summed E-state index contributed by atoms with van der Waals surface area (Å²) >= 11 is 0. The van der Waals surface area contributed by atoms with E-state index in [1.165, 1.54) is 50.4 Å². The monoisotopic (exact) mass is 688 g/mol. The summed E-state index contributed by atoms with van der Waals surface area (Å²) in [5, 5.41) is 0.290. The van der Waals surface area contributed by atoms with E-state index in [1.807, 2.05) is 41.5 Å². The first-order valence-corrected chi connectivity index (χ1v) is 15.1. The highest BCUT2D eigenvalue weighted by Crippen LogP contribution is 2.48. The van der Waals surface area contributed by atoms with Crippen molar-refractivity contribution in [3.63, 3.8) is 0 Å². The smallest absolute Gasteiger partial charge is 0.497 e. The number of alkyl halides is 6. The second-order valence-electron chi connectivity index (χ2n) is 14.8. The van der Waals surface area contributed by atoms with E-state index >= 15 is 0 Å². The molecule has 0 saturated heterocycles. The molecule has 0 saturated carbocycles. The van der Waals surface area contributed by atoms with Gasteiger partial charge in [-0.2, -0.15) is 13.2 Å². The van der Waals surface area contributed by atoms with Crippen LogP contribution in [0.15, 0.2) is 51.7 Å². The second kappa shape index (κ2) is 13.5. The zero-order valence-corrected chi connectivity index (χ0v) is 28.5. The molecular weight excluding hydrogens is 646 g/mol. The van der Waals surface area contributed by atoms with Crippen LogP contribution in [0.4, 0.5) is 26.3 Å². The van der Waals surface area contributed by atoms with Crippen molar-refractivity contribution in [2.75, 3.05) is 20.3 Å². The fourth-order valence-electron chi connectivity index (χ4n) is 5.42. The highest BCUT2D eigenvalue weighted by Gasteiger charge is 2.49. The van der Waals surface area contributed by atoms with Gasteiger partial charge in [-0.25, -0.2) is 4.79 Å². The molecular formula is C35H42F6O7. The van der Waals surface area contributed by atoms with Crippen LogP contribution in [0.5, 0.6) is 17.2 Å². The topological polar surface area (TPSA) is 84.2 Å². The van der Waals surface area contributed by atoms with Crippen LogP contribution in [0.25, 0.3) is 22.1 Å². The van der Waals surface area contributed by atoms with Crippen LogP contribution in [0.2, 0.25) is 0 Å². The van der Waals surface area contributed by atoms with Gasteiger partial charge >= 0.3 is 24.1 Å². The number of ether oxygens (including phenoxy) is 4. The van der Waals surface area contributed by atoms with E-state index < -0.39 is 65.8 Å². The molecule has 2 aromatic carbocycles. The number of halogens is 6. The van der Waals surface area contributed by atoms with Crippen LogP contribution < -0.4 is 19.8 Å². The average molecular weight is 689 g/mol. The molecule has 7 nitrogen and oxygen atoms in total. The standard InChI is InChI=1S/C35H42F6O7/c1-30(2,3)17-33(8,31(4,5)6)29(43)46-20-32(7,18-34(36,37)38)19-45-23-11-10-21-14-25(28(42)47-26(21)16-23)24-13-12-22(44-9)15-27(24)48-35(39,40)41/h10-16H,17-20H2,1-9H3. The number of esters is 1. The minimum atomic E-state index is -5.05. The van der Waals surface area contributed by atoms with E-state index in [9.17, 15) is 35.9 Å². The predicted molar refractivity (Wildman–Crippen MR) is 168 cm³/mol. The molecule has 0 bridgehead atoms. The highest BCUT2D eigenvalue weighted by molar-refractivity contribution is 5.84. The minimum absolute atomic E-state index is 0.0277. The number of hydrogen-bond acceptors (Lipinski definition) is 7. The first kappa shape index (κ1) is 38.5. The lowest BCUT2D eigenvalue weighted by molar-refractivity contribution is -0.274. The molecule has 0 N–H and O–H groups in total. The van der Waals surface area contributed by atoms with Crippen molar-refractivity contribution in [3.05, 3.63) is 52.9 Å². The normalized spacial score (nSPS) is 15.4. The zero-order chi connectivity index (χ0) is 36.5. The van der Waals surface area contributed by atoms with Crippen LogP contribution in [0, 0.1) is 21.7 Å². The van der Waals surface area contributed by atoms with Gasteiger partial charge in [0.1, 0.15) is 29.4 Å². The lowest BCUT2D eigenvalue weighted by atomic mass is 9.61. The third-order valence-electron chi connectivity index (χ3n) is 8.17. The third kappa shape index (κ3) is 10.1. The maximum Gasteiger partial charge on any atom is 0.573 e. The quantitative estimate of drug-likeness (QED) is 0.113. The number of hydrogen-bond donors (Lipinski definition) is 0. The van der Waals surface area contributed by atoms with Crippen LogP contribution in [0.3, 0.4) is 0 Å². The number of carbonyl (C=O) groups excluding carboxylic acids is 1. The molecule has 0 aliphatic carbocycles. The fraction of sp³-hybridized carbons (Fsp3) is 0.543. The predicted octanol–water partition coefficient (Wildman–Crippen LogP) is 9.74. The van der Waals surface area contributed by atoms with Gasteiger partial charge in [0.05, 0.1) is 31.1 Å². The summed E-state index contributed by atoms with van der Waals surface area (Å²) in [7, 11) is 1.26. The summed E-state index contributed by atoms with van der Waals surface area (Å²) in [4.78, 5) is 26.4. The molecule has 3 rings (SSSR count). The van der Waals surface area contributed by atoms with Gasteiger partial charge in [-0.05, 0) is 54.5 Å². The Morgan fingerprint density at radius 2 is 1.40 bits per heavy atom. The Labute approximate surface area is 275 Å². The SMILES string of the molecule is COc1ccc(-c2cc3ccc(OCC(C)(COC(=O)C(C)(CC(C)(C)C)C(C)(C)C)CC(F)(F)F)cc3oc2=O)c(OC(F)(F)F)c1. The molecule has 0 aliphatic rings. The fourth-order valence-corrected chi connectivity index (χ4v) is 5.42. The molecule has 2 unspecified atom stereocenters. The number of benzene rings is 2. The van der Waals surface area contributed by atoms with Gasteiger partial charge in [-0.3, -0.25) is 4.79 Å². The van der Waals surface area contributed by atoms with Gasteiger partial charge in [-0.1, -0.05) is 48.5 Å².